The van der Waals surface area contributed by atoms with Crippen LogP contribution in [0.5, 0.6) is 17.2 Å². The topological polar surface area (TPSA) is 105 Å². The fourth-order valence-corrected chi connectivity index (χ4v) is 3.62. The molecule has 0 heterocycles. The average Bonchev–Trinajstić information content (AvgIpc) is 2.77. The number of amides is 1. The van der Waals surface area contributed by atoms with Crippen molar-refractivity contribution in [3.8, 4) is 17.2 Å². The zero-order valence-corrected chi connectivity index (χ0v) is 18.9. The van der Waals surface area contributed by atoms with E-state index >= 15 is 0 Å². The smallest absolute Gasteiger partial charge is 0.407 e. The molecule has 0 aliphatic rings. The molecule has 0 atom stereocenters. The third-order valence-electron chi connectivity index (χ3n) is 4.57. The number of alkyl carbamates (subject to hydrolysis) is 1. The quantitative estimate of drug-likeness (QED) is 0.369. The van der Waals surface area contributed by atoms with Crippen LogP contribution >= 0.6 is 23.2 Å². The summed E-state index contributed by atoms with van der Waals surface area (Å²) in [5.74, 6) is -0.277. The monoisotopic (exact) mass is 489 g/mol. The Morgan fingerprint density at radius 2 is 1.64 bits per heavy atom. The van der Waals surface area contributed by atoms with Crippen LogP contribution in [0.25, 0.3) is 0 Å². The van der Waals surface area contributed by atoms with Gasteiger partial charge in [-0.1, -0.05) is 53.5 Å². The molecule has 3 aromatic carbocycles. The average molecular weight is 490 g/mol. The zero-order chi connectivity index (χ0) is 23.8. The second-order valence-electron chi connectivity index (χ2n) is 7.08. The van der Waals surface area contributed by atoms with Gasteiger partial charge in [-0.25, -0.2) is 4.79 Å². The predicted molar refractivity (Wildman–Crippen MR) is 125 cm³/mol. The number of carbonyl (C=O) groups excluding carboxylic acids is 1. The molecule has 172 valence electrons. The van der Waals surface area contributed by atoms with E-state index in [-0.39, 0.29) is 28.2 Å². The number of hydrogen-bond acceptors (Lipinski definition) is 5. The van der Waals surface area contributed by atoms with Crippen LogP contribution in [0.2, 0.25) is 10.0 Å². The van der Waals surface area contributed by atoms with Crippen molar-refractivity contribution in [3.05, 3.63) is 87.4 Å². The number of carboxylic acids is 1. The Morgan fingerprint density at radius 3 is 2.30 bits per heavy atom. The van der Waals surface area contributed by atoms with Crippen molar-refractivity contribution < 1.29 is 29.3 Å². The number of aromatic hydroxyl groups is 1. The van der Waals surface area contributed by atoms with E-state index in [1.54, 1.807) is 30.3 Å². The zero-order valence-electron chi connectivity index (χ0n) is 17.4. The summed E-state index contributed by atoms with van der Waals surface area (Å²) in [5.41, 5.74) is 2.45. The molecule has 33 heavy (non-hydrogen) atoms. The molecule has 0 aliphatic heterocycles. The third kappa shape index (κ3) is 7.30. The SMILES string of the molecule is O=C(O)CNC(=O)OCCc1cc(Cl)c(Oc2ccc(O)c(Cc3ccccc3)c2)c(Cl)c1. The van der Waals surface area contributed by atoms with E-state index in [9.17, 15) is 14.7 Å². The van der Waals surface area contributed by atoms with Gasteiger partial charge < -0.3 is 25.0 Å². The Labute approximate surface area is 200 Å². The second-order valence-corrected chi connectivity index (χ2v) is 7.89. The van der Waals surface area contributed by atoms with Crippen LogP contribution < -0.4 is 10.1 Å². The van der Waals surface area contributed by atoms with Crippen LogP contribution in [0, 0.1) is 0 Å². The van der Waals surface area contributed by atoms with Crippen molar-refractivity contribution in [1.29, 1.82) is 0 Å². The van der Waals surface area contributed by atoms with Crippen LogP contribution in [0.4, 0.5) is 4.79 Å². The number of benzene rings is 3. The molecule has 0 bridgehead atoms. The summed E-state index contributed by atoms with van der Waals surface area (Å²) in [7, 11) is 0. The van der Waals surface area contributed by atoms with Crippen molar-refractivity contribution >= 4 is 35.3 Å². The fraction of sp³-hybridized carbons (Fsp3) is 0.167. The van der Waals surface area contributed by atoms with E-state index in [1.165, 1.54) is 0 Å². The Hall–Kier alpha value is -3.42. The van der Waals surface area contributed by atoms with Crippen LogP contribution in [-0.4, -0.2) is 35.4 Å². The summed E-state index contributed by atoms with van der Waals surface area (Å²) in [4.78, 5) is 21.8. The number of carbonyl (C=O) groups is 2. The molecule has 3 rings (SSSR count). The molecule has 0 saturated carbocycles. The van der Waals surface area contributed by atoms with Crippen LogP contribution in [-0.2, 0) is 22.4 Å². The highest BCUT2D eigenvalue weighted by Gasteiger charge is 2.13. The lowest BCUT2D eigenvalue weighted by Crippen LogP contribution is -2.30. The van der Waals surface area contributed by atoms with Gasteiger partial charge in [-0.2, -0.15) is 0 Å². The van der Waals surface area contributed by atoms with E-state index in [0.29, 0.717) is 29.7 Å². The molecule has 1 amide bonds. The van der Waals surface area contributed by atoms with Crippen molar-refractivity contribution in [1.82, 2.24) is 5.32 Å². The Kier molecular flexibility index (Phi) is 8.40. The molecule has 0 spiro atoms. The van der Waals surface area contributed by atoms with Crippen molar-refractivity contribution in [3.63, 3.8) is 0 Å². The lowest BCUT2D eigenvalue weighted by Gasteiger charge is -2.13. The summed E-state index contributed by atoms with van der Waals surface area (Å²) in [5, 5.41) is 21.4. The van der Waals surface area contributed by atoms with E-state index in [4.69, 9.17) is 37.8 Å². The van der Waals surface area contributed by atoms with E-state index in [2.05, 4.69) is 5.32 Å². The standard InChI is InChI=1S/C24H21Cl2NO6/c25-19-11-16(8-9-32-24(31)27-14-22(29)30)12-20(26)23(19)33-18-6-7-21(28)17(13-18)10-15-4-2-1-3-5-15/h1-7,11-13,28H,8-10,14H2,(H,27,31)(H,29,30). The molecule has 7 nitrogen and oxygen atoms in total. The van der Waals surface area contributed by atoms with Gasteiger partial charge in [0.2, 0.25) is 0 Å². The highest BCUT2D eigenvalue weighted by atomic mass is 35.5. The Bertz CT molecular complexity index is 1110. The summed E-state index contributed by atoms with van der Waals surface area (Å²) >= 11 is 12.7. The number of hydrogen-bond donors (Lipinski definition) is 3. The summed E-state index contributed by atoms with van der Waals surface area (Å²) < 4.78 is 10.8. The third-order valence-corrected chi connectivity index (χ3v) is 5.14. The molecule has 0 saturated heterocycles. The van der Waals surface area contributed by atoms with Crippen LogP contribution in [0.3, 0.4) is 0 Å². The first-order valence-electron chi connectivity index (χ1n) is 9.96. The molecule has 9 heteroatoms. The molecule has 0 radical (unpaired) electrons. The maximum Gasteiger partial charge on any atom is 0.407 e. The maximum atomic E-state index is 11.4. The molecular formula is C24H21Cl2NO6. The van der Waals surface area contributed by atoms with Crippen molar-refractivity contribution in [2.75, 3.05) is 13.2 Å². The van der Waals surface area contributed by atoms with Gasteiger partial charge in [0.1, 0.15) is 18.0 Å². The molecular weight excluding hydrogens is 469 g/mol. The highest BCUT2D eigenvalue weighted by molar-refractivity contribution is 6.37. The first-order chi connectivity index (χ1) is 15.8. The van der Waals surface area contributed by atoms with Crippen LogP contribution in [0.15, 0.2) is 60.7 Å². The van der Waals surface area contributed by atoms with Gasteiger partial charge >= 0.3 is 12.1 Å². The first-order valence-corrected chi connectivity index (χ1v) is 10.7. The van der Waals surface area contributed by atoms with E-state index in [0.717, 1.165) is 5.56 Å². The lowest BCUT2D eigenvalue weighted by molar-refractivity contribution is -0.135. The van der Waals surface area contributed by atoms with Gasteiger partial charge in [0.15, 0.2) is 5.75 Å². The maximum absolute atomic E-state index is 11.4. The number of halogens is 2. The number of phenols is 1. The second kappa shape index (κ2) is 11.4. The molecule has 0 unspecified atom stereocenters. The van der Waals surface area contributed by atoms with Gasteiger partial charge in [-0.05, 0) is 41.5 Å². The Balaban J connectivity index is 1.65. The molecule has 0 aromatic heterocycles. The van der Waals surface area contributed by atoms with Gasteiger partial charge in [0, 0.05) is 18.4 Å². The van der Waals surface area contributed by atoms with Crippen LogP contribution in [0.1, 0.15) is 16.7 Å². The normalized spacial score (nSPS) is 10.5. The van der Waals surface area contributed by atoms with E-state index in [1.807, 2.05) is 30.3 Å². The van der Waals surface area contributed by atoms with Crippen molar-refractivity contribution in [2.45, 2.75) is 12.8 Å². The fourth-order valence-electron chi connectivity index (χ4n) is 3.02. The summed E-state index contributed by atoms with van der Waals surface area (Å²) in [6, 6.07) is 17.9. The number of rotatable bonds is 9. The number of aliphatic carboxylic acids is 1. The molecule has 0 aliphatic carbocycles. The summed E-state index contributed by atoms with van der Waals surface area (Å²) in [6.45, 7) is -0.508. The Morgan fingerprint density at radius 1 is 0.939 bits per heavy atom. The minimum absolute atomic E-state index is 0.0130. The number of nitrogens with one attached hydrogen (secondary N) is 1. The minimum atomic E-state index is -1.16. The molecule has 3 aromatic rings. The largest absolute Gasteiger partial charge is 0.508 e. The van der Waals surface area contributed by atoms with Gasteiger partial charge in [0.25, 0.3) is 0 Å². The predicted octanol–water partition coefficient (Wildman–Crippen LogP) is 5.44. The number of phenolic OH excluding ortho intramolecular Hbond substituents is 1. The first kappa shape index (κ1) is 24.2. The molecule has 0 fully saturated rings. The van der Waals surface area contributed by atoms with Gasteiger partial charge in [0.05, 0.1) is 16.7 Å². The molecule has 3 N–H and O–H groups in total. The van der Waals surface area contributed by atoms with Gasteiger partial charge in [-0.3, -0.25) is 4.79 Å². The van der Waals surface area contributed by atoms with Crippen molar-refractivity contribution in [2.24, 2.45) is 0 Å². The number of carboxylic acid groups (broad SMARTS) is 1. The van der Waals surface area contributed by atoms with Gasteiger partial charge in [-0.15, -0.1) is 0 Å². The van der Waals surface area contributed by atoms with E-state index < -0.39 is 18.6 Å². The lowest BCUT2D eigenvalue weighted by atomic mass is 10.0. The summed E-state index contributed by atoms with van der Waals surface area (Å²) in [6.07, 6.45) is 0.0264. The highest BCUT2D eigenvalue weighted by Crippen LogP contribution is 2.38. The minimum Gasteiger partial charge on any atom is -0.508 e. The number of ether oxygens (including phenoxy) is 2.